The van der Waals surface area contributed by atoms with Crippen molar-refractivity contribution in [3.05, 3.63) is 35.4 Å². The van der Waals surface area contributed by atoms with Crippen LogP contribution in [0.2, 0.25) is 0 Å². The third-order valence-electron chi connectivity index (χ3n) is 12.3. The van der Waals surface area contributed by atoms with Crippen LogP contribution in [0.25, 0.3) is 0 Å². The maximum atomic E-state index is 13.1. The minimum Gasteiger partial charge on any atom is -0.462 e. The fourth-order valence-corrected chi connectivity index (χ4v) is 8.39. The second kappa shape index (κ2) is 43.7. The number of unbranched alkanes of at least 4 members (excludes halogenated alkanes) is 28. The van der Waals surface area contributed by atoms with E-state index in [1.165, 1.54) is 205 Å². The van der Waals surface area contributed by atoms with E-state index in [9.17, 15) is 9.59 Å². The lowest BCUT2D eigenvalue weighted by atomic mass is 10.1. The van der Waals surface area contributed by atoms with Gasteiger partial charge in [0.15, 0.2) is 0 Å². The molecule has 60 heavy (non-hydrogen) atoms. The number of esters is 2. The predicted molar refractivity (Wildman–Crippen MR) is 260 cm³/mol. The highest BCUT2D eigenvalue weighted by molar-refractivity contribution is 5.95. The zero-order valence-electron chi connectivity index (χ0n) is 40.5. The molecule has 6 heteroatoms. The Hall–Kier alpha value is -1.92. The van der Waals surface area contributed by atoms with Crippen LogP contribution in [0.1, 0.15) is 267 Å². The van der Waals surface area contributed by atoms with Gasteiger partial charge in [0.2, 0.25) is 0 Å². The van der Waals surface area contributed by atoms with Crippen molar-refractivity contribution in [2.45, 2.75) is 246 Å². The summed E-state index contributed by atoms with van der Waals surface area (Å²) >= 11 is 0. The average Bonchev–Trinajstić information content (AvgIpc) is 3.26. The molecule has 0 saturated heterocycles. The Morgan fingerprint density at radius 2 is 0.583 bits per heavy atom. The van der Waals surface area contributed by atoms with Crippen LogP contribution >= 0.6 is 0 Å². The van der Waals surface area contributed by atoms with Crippen molar-refractivity contribution in [1.82, 2.24) is 9.80 Å². The van der Waals surface area contributed by atoms with E-state index in [4.69, 9.17) is 9.47 Å². The fourth-order valence-electron chi connectivity index (χ4n) is 8.39. The van der Waals surface area contributed by atoms with Gasteiger partial charge in [-0.05, 0) is 82.9 Å². The molecule has 0 unspecified atom stereocenters. The minimum atomic E-state index is -0.361. The Kier molecular flexibility index (Phi) is 40.9. The first-order valence-corrected chi connectivity index (χ1v) is 26.4. The van der Waals surface area contributed by atoms with Crippen molar-refractivity contribution >= 4 is 11.9 Å². The van der Waals surface area contributed by atoms with E-state index in [0.29, 0.717) is 24.3 Å². The van der Waals surface area contributed by atoms with Gasteiger partial charge in [0.1, 0.15) is 0 Å². The summed E-state index contributed by atoms with van der Waals surface area (Å²) in [5.74, 6) is -0.722. The third kappa shape index (κ3) is 34.6. The number of nitrogens with zero attached hydrogens (tertiary/aromatic N) is 2. The molecular formula is C54H100N2O4. The molecule has 1 rings (SSSR count). The van der Waals surface area contributed by atoms with Gasteiger partial charge in [-0.2, -0.15) is 0 Å². The average molecular weight is 841 g/mol. The van der Waals surface area contributed by atoms with Gasteiger partial charge in [-0.15, -0.1) is 0 Å². The van der Waals surface area contributed by atoms with Crippen molar-refractivity contribution in [3.63, 3.8) is 0 Å². The minimum absolute atomic E-state index is 0.361. The van der Waals surface area contributed by atoms with Crippen LogP contribution in [-0.2, 0) is 9.47 Å². The number of ether oxygens (including phenoxy) is 2. The molecule has 0 atom stereocenters. The summed E-state index contributed by atoms with van der Waals surface area (Å²) < 4.78 is 11.5. The summed E-state index contributed by atoms with van der Waals surface area (Å²) in [7, 11) is 0. The van der Waals surface area contributed by atoms with E-state index >= 15 is 0 Å². The first-order valence-electron chi connectivity index (χ1n) is 26.4. The molecule has 350 valence electrons. The van der Waals surface area contributed by atoms with E-state index in [1.54, 1.807) is 24.3 Å². The fraction of sp³-hybridized carbons (Fsp3) is 0.852. The Balaban J connectivity index is 2.50. The third-order valence-corrected chi connectivity index (χ3v) is 12.3. The Morgan fingerprint density at radius 1 is 0.350 bits per heavy atom. The topological polar surface area (TPSA) is 59.1 Å². The molecule has 0 heterocycles. The summed E-state index contributed by atoms with van der Waals surface area (Å²) in [6, 6.07) is 6.88. The zero-order valence-corrected chi connectivity index (χ0v) is 40.5. The van der Waals surface area contributed by atoms with Crippen molar-refractivity contribution in [1.29, 1.82) is 0 Å². The van der Waals surface area contributed by atoms with Crippen LogP contribution in [0.5, 0.6) is 0 Å². The molecule has 0 aliphatic heterocycles. The molecule has 0 radical (unpaired) electrons. The van der Waals surface area contributed by atoms with Crippen LogP contribution in [0, 0.1) is 0 Å². The highest BCUT2D eigenvalue weighted by Crippen LogP contribution is 2.15. The molecule has 0 aromatic heterocycles. The van der Waals surface area contributed by atoms with Crippen LogP contribution < -0.4 is 0 Å². The van der Waals surface area contributed by atoms with Crippen molar-refractivity contribution in [2.75, 3.05) is 52.5 Å². The lowest BCUT2D eigenvalue weighted by Crippen LogP contribution is -2.28. The van der Waals surface area contributed by atoms with Crippen LogP contribution in [-0.4, -0.2) is 74.2 Å². The standard InChI is InChI=1S/C54H100N2O4/c1-5-9-13-17-21-25-29-33-42-55(43-34-30-26-22-18-14-10-6-2)46-38-48-59-53(57)51-40-37-41-52(50-51)54(58)60-49-39-47-56(44-35-31-27-23-19-15-11-7-3)45-36-32-28-24-20-16-12-8-4/h37,40-41,50H,5-36,38-39,42-49H2,1-4H3. The monoisotopic (exact) mass is 841 g/mol. The summed E-state index contributed by atoms with van der Waals surface area (Å²) in [6.45, 7) is 16.4. The zero-order chi connectivity index (χ0) is 43.4. The Labute approximate surface area is 373 Å². The summed E-state index contributed by atoms with van der Waals surface area (Å²) in [5, 5.41) is 0. The maximum absolute atomic E-state index is 13.1. The van der Waals surface area contributed by atoms with Gasteiger partial charge in [-0.25, -0.2) is 9.59 Å². The number of rotatable bonds is 46. The molecular weight excluding hydrogens is 741 g/mol. The normalized spacial score (nSPS) is 11.6. The molecule has 1 aromatic carbocycles. The lowest BCUT2D eigenvalue weighted by molar-refractivity contribution is 0.0486. The van der Waals surface area contributed by atoms with Crippen molar-refractivity contribution in [2.24, 2.45) is 0 Å². The van der Waals surface area contributed by atoms with Gasteiger partial charge >= 0.3 is 11.9 Å². The number of benzene rings is 1. The van der Waals surface area contributed by atoms with Gasteiger partial charge in [-0.1, -0.05) is 214 Å². The lowest BCUT2D eigenvalue weighted by Gasteiger charge is -2.22. The smallest absolute Gasteiger partial charge is 0.338 e. The molecule has 0 bridgehead atoms. The largest absolute Gasteiger partial charge is 0.462 e. The van der Waals surface area contributed by atoms with Crippen molar-refractivity contribution in [3.8, 4) is 0 Å². The first-order chi connectivity index (χ1) is 29.5. The predicted octanol–water partition coefficient (Wildman–Crippen LogP) is 15.9. The van der Waals surface area contributed by atoms with Gasteiger partial charge in [0, 0.05) is 13.1 Å². The number of carbonyl (C=O) groups excluding carboxylic acids is 2. The van der Waals surface area contributed by atoms with Crippen LogP contribution in [0.4, 0.5) is 0 Å². The molecule has 0 spiro atoms. The van der Waals surface area contributed by atoms with Crippen LogP contribution in [0.3, 0.4) is 0 Å². The molecule has 1 aromatic rings. The summed E-state index contributed by atoms with van der Waals surface area (Å²) in [6.07, 6.45) is 44.5. The van der Waals surface area contributed by atoms with E-state index in [-0.39, 0.29) is 11.9 Å². The molecule has 0 aliphatic carbocycles. The molecule has 0 fully saturated rings. The van der Waals surface area contributed by atoms with Gasteiger partial charge < -0.3 is 19.3 Å². The number of hydrogen-bond acceptors (Lipinski definition) is 6. The van der Waals surface area contributed by atoms with E-state index < -0.39 is 0 Å². The summed E-state index contributed by atoms with van der Waals surface area (Å²) in [4.78, 5) is 31.3. The second-order valence-corrected chi connectivity index (χ2v) is 18.1. The van der Waals surface area contributed by atoms with Gasteiger partial charge in [0.05, 0.1) is 24.3 Å². The highest BCUT2D eigenvalue weighted by Gasteiger charge is 2.14. The van der Waals surface area contributed by atoms with Crippen LogP contribution in [0.15, 0.2) is 24.3 Å². The quantitative estimate of drug-likeness (QED) is 0.0481. The van der Waals surface area contributed by atoms with E-state index in [1.807, 2.05) is 0 Å². The molecule has 0 N–H and O–H groups in total. The van der Waals surface area contributed by atoms with E-state index in [0.717, 1.165) is 52.1 Å². The van der Waals surface area contributed by atoms with E-state index in [2.05, 4.69) is 37.5 Å². The van der Waals surface area contributed by atoms with Gasteiger partial charge in [0.25, 0.3) is 0 Å². The van der Waals surface area contributed by atoms with Gasteiger partial charge in [-0.3, -0.25) is 0 Å². The summed E-state index contributed by atoms with van der Waals surface area (Å²) in [5.41, 5.74) is 0.835. The first kappa shape index (κ1) is 56.1. The number of carbonyl (C=O) groups is 2. The molecule has 0 aliphatic rings. The SMILES string of the molecule is CCCCCCCCCCN(CCCCCCCCCC)CCCOC(=O)c1cccc(C(=O)OCCCN(CCCCCCCCCC)CCCCCCCCCC)c1. The molecule has 0 saturated carbocycles. The Morgan fingerprint density at radius 3 is 0.850 bits per heavy atom. The Bertz CT molecular complexity index is 960. The number of hydrogen-bond donors (Lipinski definition) is 0. The maximum Gasteiger partial charge on any atom is 0.338 e. The second-order valence-electron chi connectivity index (χ2n) is 18.1. The molecule has 0 amide bonds. The molecule has 6 nitrogen and oxygen atoms in total. The van der Waals surface area contributed by atoms with Crippen molar-refractivity contribution < 1.29 is 19.1 Å². The highest BCUT2D eigenvalue weighted by atomic mass is 16.5.